The van der Waals surface area contributed by atoms with Crippen molar-refractivity contribution in [2.75, 3.05) is 0 Å². The lowest BCUT2D eigenvalue weighted by Gasteiger charge is -2.11. The van der Waals surface area contributed by atoms with E-state index in [2.05, 4.69) is 15.1 Å². The summed E-state index contributed by atoms with van der Waals surface area (Å²) in [7, 11) is 0. The molecule has 2 aromatic heterocycles. The van der Waals surface area contributed by atoms with Gasteiger partial charge < -0.3 is 10.3 Å². The van der Waals surface area contributed by atoms with Crippen molar-refractivity contribution in [3.8, 4) is 11.4 Å². The second kappa shape index (κ2) is 3.13. The summed E-state index contributed by atoms with van der Waals surface area (Å²) in [6.45, 7) is 0. The predicted octanol–water partition coefficient (Wildman–Crippen LogP) is 0.329. The van der Waals surface area contributed by atoms with Crippen molar-refractivity contribution in [3.63, 3.8) is 0 Å². The summed E-state index contributed by atoms with van der Waals surface area (Å²) in [5.41, 5.74) is 8.30. The van der Waals surface area contributed by atoms with E-state index in [1.807, 2.05) is 0 Å². The van der Waals surface area contributed by atoms with Gasteiger partial charge in [-0.15, -0.1) is 0 Å². The monoisotopic (exact) mass is 216 g/mol. The molecular formula is C10H8N4O2. The van der Waals surface area contributed by atoms with Crippen LogP contribution in [0.15, 0.2) is 17.0 Å². The van der Waals surface area contributed by atoms with Crippen molar-refractivity contribution in [1.82, 2.24) is 15.1 Å². The Hall–Kier alpha value is -2.24. The molecule has 0 fully saturated rings. The smallest absolute Gasteiger partial charge is 0.287 e. The average molecular weight is 216 g/mol. The number of carbonyl (C=O) groups is 1. The Morgan fingerprint density at radius 1 is 1.38 bits per heavy atom. The molecule has 0 saturated heterocycles. The fourth-order valence-corrected chi connectivity index (χ4v) is 1.94. The number of amides is 1. The molecule has 3 rings (SSSR count). The maximum atomic E-state index is 11.1. The molecule has 2 N–H and O–H groups in total. The number of primary amides is 1. The van der Waals surface area contributed by atoms with Gasteiger partial charge >= 0.3 is 0 Å². The topological polar surface area (TPSA) is 94.9 Å². The molecule has 16 heavy (non-hydrogen) atoms. The Bertz CT molecular complexity index is 576. The van der Waals surface area contributed by atoms with Gasteiger partial charge in [-0.25, -0.2) is 9.97 Å². The first-order valence-electron chi connectivity index (χ1n) is 4.85. The molecule has 0 radical (unpaired) electrons. The lowest BCUT2D eigenvalue weighted by molar-refractivity contribution is 0.0964. The number of fused-ring (bicyclic) bond motifs is 3. The van der Waals surface area contributed by atoms with Gasteiger partial charge in [-0.1, -0.05) is 5.16 Å². The first kappa shape index (κ1) is 9.02. The normalized spacial score (nSPS) is 13.0. The minimum atomic E-state index is -0.591. The largest absolute Gasteiger partial charge is 0.363 e. The highest BCUT2D eigenvalue weighted by molar-refractivity contribution is 5.93. The molecule has 2 aromatic rings. The Labute approximate surface area is 90.5 Å². The Morgan fingerprint density at radius 3 is 3.06 bits per heavy atom. The van der Waals surface area contributed by atoms with E-state index in [9.17, 15) is 4.79 Å². The van der Waals surface area contributed by atoms with Gasteiger partial charge in [0.15, 0.2) is 0 Å². The van der Waals surface area contributed by atoms with Gasteiger partial charge in [0.2, 0.25) is 5.76 Å². The number of nitrogens with two attached hydrogens (primary N) is 1. The molecule has 0 saturated carbocycles. The molecule has 1 aliphatic rings. The lowest BCUT2D eigenvalue weighted by atomic mass is 9.93. The predicted molar refractivity (Wildman–Crippen MR) is 53.5 cm³/mol. The number of hydrogen-bond donors (Lipinski definition) is 1. The van der Waals surface area contributed by atoms with E-state index in [4.69, 9.17) is 10.3 Å². The molecule has 0 bridgehead atoms. The van der Waals surface area contributed by atoms with Gasteiger partial charge in [0.1, 0.15) is 12.0 Å². The van der Waals surface area contributed by atoms with Crippen molar-refractivity contribution in [2.45, 2.75) is 12.8 Å². The summed E-state index contributed by atoms with van der Waals surface area (Å²) in [6.07, 6.45) is 4.65. The van der Waals surface area contributed by atoms with Crippen LogP contribution in [0, 0.1) is 0 Å². The number of aryl methyl sites for hydroxylation is 1. The number of nitrogens with zero attached hydrogens (tertiary/aromatic N) is 3. The lowest BCUT2D eigenvalue weighted by Crippen LogP contribution is -2.14. The van der Waals surface area contributed by atoms with Crippen LogP contribution in [0.5, 0.6) is 0 Å². The van der Waals surface area contributed by atoms with Gasteiger partial charge in [0.25, 0.3) is 5.91 Å². The second-order valence-corrected chi connectivity index (χ2v) is 3.60. The molecular weight excluding hydrogens is 208 g/mol. The minimum Gasteiger partial charge on any atom is -0.363 e. The summed E-state index contributed by atoms with van der Waals surface area (Å²) in [5.74, 6) is -0.453. The van der Waals surface area contributed by atoms with Crippen LogP contribution >= 0.6 is 0 Å². The van der Waals surface area contributed by atoms with Crippen LogP contribution in [-0.4, -0.2) is 21.0 Å². The van der Waals surface area contributed by atoms with Crippen molar-refractivity contribution in [3.05, 3.63) is 29.4 Å². The molecule has 6 heteroatoms. The Morgan fingerprint density at radius 2 is 2.25 bits per heavy atom. The SMILES string of the molecule is NC(=O)c1onc2c1CCc1cncnc1-2. The standard InChI is InChI=1S/C10H8N4O2/c11-10(15)9-6-2-1-5-3-12-4-13-7(5)8(6)14-16-9/h3-4H,1-2H2,(H2,11,15). The van der Waals surface area contributed by atoms with E-state index in [1.165, 1.54) is 6.33 Å². The van der Waals surface area contributed by atoms with Crippen LogP contribution in [0.4, 0.5) is 0 Å². The van der Waals surface area contributed by atoms with E-state index in [0.29, 0.717) is 12.1 Å². The third-order valence-corrected chi connectivity index (χ3v) is 2.67. The quantitative estimate of drug-likeness (QED) is 0.741. The van der Waals surface area contributed by atoms with Gasteiger partial charge in [-0.2, -0.15) is 0 Å². The van der Waals surface area contributed by atoms with Gasteiger partial charge in [0.05, 0.1) is 5.69 Å². The molecule has 1 aliphatic carbocycles. The highest BCUT2D eigenvalue weighted by atomic mass is 16.5. The van der Waals surface area contributed by atoms with Crippen molar-refractivity contribution in [1.29, 1.82) is 0 Å². The summed E-state index contributed by atoms with van der Waals surface area (Å²) < 4.78 is 4.95. The summed E-state index contributed by atoms with van der Waals surface area (Å²) in [6, 6.07) is 0. The molecule has 80 valence electrons. The van der Waals surface area contributed by atoms with Crippen LogP contribution in [0.1, 0.15) is 21.7 Å². The molecule has 0 aromatic carbocycles. The number of hydrogen-bond acceptors (Lipinski definition) is 5. The van der Waals surface area contributed by atoms with Crippen LogP contribution in [0.25, 0.3) is 11.4 Å². The summed E-state index contributed by atoms with van der Waals surface area (Å²) in [5, 5.41) is 3.85. The third kappa shape index (κ3) is 1.13. The Balaban J connectivity index is 2.23. The molecule has 0 aliphatic heterocycles. The molecule has 0 unspecified atom stereocenters. The first-order chi connectivity index (χ1) is 7.77. The van der Waals surface area contributed by atoms with Crippen LogP contribution in [-0.2, 0) is 12.8 Å². The van der Waals surface area contributed by atoms with Gasteiger partial charge in [0, 0.05) is 11.8 Å². The zero-order valence-electron chi connectivity index (χ0n) is 8.30. The molecule has 0 spiro atoms. The number of aromatic nitrogens is 3. The van der Waals surface area contributed by atoms with Gasteiger partial charge in [-0.3, -0.25) is 4.79 Å². The Kier molecular flexibility index (Phi) is 1.76. The van der Waals surface area contributed by atoms with E-state index in [1.54, 1.807) is 6.20 Å². The van der Waals surface area contributed by atoms with E-state index < -0.39 is 5.91 Å². The van der Waals surface area contributed by atoms with E-state index >= 15 is 0 Å². The van der Waals surface area contributed by atoms with Gasteiger partial charge in [-0.05, 0) is 18.4 Å². The highest BCUT2D eigenvalue weighted by Gasteiger charge is 2.27. The molecule has 0 atom stereocenters. The molecule has 6 nitrogen and oxygen atoms in total. The fraction of sp³-hybridized carbons (Fsp3) is 0.200. The van der Waals surface area contributed by atoms with Crippen LogP contribution in [0.2, 0.25) is 0 Å². The maximum absolute atomic E-state index is 11.1. The van der Waals surface area contributed by atoms with Crippen LogP contribution in [0.3, 0.4) is 0 Å². The second-order valence-electron chi connectivity index (χ2n) is 3.60. The van der Waals surface area contributed by atoms with E-state index in [-0.39, 0.29) is 5.76 Å². The number of rotatable bonds is 1. The van der Waals surface area contributed by atoms with Crippen molar-refractivity contribution in [2.24, 2.45) is 5.73 Å². The maximum Gasteiger partial charge on any atom is 0.287 e. The van der Waals surface area contributed by atoms with Crippen molar-refractivity contribution >= 4 is 5.91 Å². The minimum absolute atomic E-state index is 0.138. The third-order valence-electron chi connectivity index (χ3n) is 2.67. The summed E-state index contributed by atoms with van der Waals surface area (Å²) in [4.78, 5) is 19.2. The molecule has 1 amide bonds. The average Bonchev–Trinajstić information content (AvgIpc) is 2.73. The van der Waals surface area contributed by atoms with E-state index in [0.717, 1.165) is 23.2 Å². The zero-order chi connectivity index (χ0) is 11.1. The molecule has 2 heterocycles. The zero-order valence-corrected chi connectivity index (χ0v) is 8.30. The highest BCUT2D eigenvalue weighted by Crippen LogP contribution is 2.32. The first-order valence-corrected chi connectivity index (χ1v) is 4.85. The van der Waals surface area contributed by atoms with Crippen molar-refractivity contribution < 1.29 is 9.32 Å². The fourth-order valence-electron chi connectivity index (χ4n) is 1.94. The number of carbonyl (C=O) groups excluding carboxylic acids is 1. The van der Waals surface area contributed by atoms with Crippen LogP contribution < -0.4 is 5.73 Å². The summed E-state index contributed by atoms with van der Waals surface area (Å²) >= 11 is 0.